The first-order valence-electron chi connectivity index (χ1n) is 7.70. The lowest BCUT2D eigenvalue weighted by atomic mass is 10.1. The van der Waals surface area contributed by atoms with E-state index in [0.717, 1.165) is 31.5 Å². The molecule has 0 unspecified atom stereocenters. The Hall–Kier alpha value is -1.47. The number of carbonyl (C=O) groups is 1. The maximum absolute atomic E-state index is 13.0. The molecule has 3 heterocycles. The molecule has 7 heteroatoms. The van der Waals surface area contributed by atoms with Gasteiger partial charge in [-0.3, -0.25) is 14.7 Å². The van der Waals surface area contributed by atoms with Gasteiger partial charge in [0.25, 0.3) is 0 Å². The predicted octanol–water partition coefficient (Wildman–Crippen LogP) is 0.476. The average Bonchev–Trinajstić information content (AvgIpc) is 3.02. The van der Waals surface area contributed by atoms with Crippen LogP contribution in [0, 0.1) is 0 Å². The van der Waals surface area contributed by atoms with Gasteiger partial charge in [0.05, 0.1) is 11.5 Å². The summed E-state index contributed by atoms with van der Waals surface area (Å²) < 4.78 is 23.1. The molecule has 0 N–H and O–H groups in total. The molecule has 2 aliphatic heterocycles. The number of nitrogens with zero attached hydrogens (tertiary/aromatic N) is 3. The molecular formula is C15H21N3O3S. The Balaban J connectivity index is 1.81. The zero-order valence-electron chi connectivity index (χ0n) is 12.5. The number of amides is 1. The fourth-order valence-electron chi connectivity index (χ4n) is 3.15. The third-order valence-corrected chi connectivity index (χ3v) is 6.01. The number of hydrogen-bond acceptors (Lipinski definition) is 5. The average molecular weight is 323 g/mol. The number of hydrogen-bond donors (Lipinski definition) is 0. The Morgan fingerprint density at radius 2 is 1.82 bits per heavy atom. The Kier molecular flexibility index (Phi) is 4.44. The molecule has 3 rings (SSSR count). The molecule has 0 saturated carbocycles. The summed E-state index contributed by atoms with van der Waals surface area (Å²) in [5, 5.41) is 0. The maximum Gasteiger partial charge on any atom is 0.244 e. The van der Waals surface area contributed by atoms with E-state index in [9.17, 15) is 13.2 Å². The van der Waals surface area contributed by atoms with E-state index >= 15 is 0 Å². The first-order valence-corrected chi connectivity index (χ1v) is 9.52. The molecule has 0 bridgehead atoms. The monoisotopic (exact) mass is 323 g/mol. The van der Waals surface area contributed by atoms with Gasteiger partial charge in [0.1, 0.15) is 6.04 Å². The zero-order valence-corrected chi connectivity index (χ0v) is 13.3. The smallest absolute Gasteiger partial charge is 0.244 e. The first kappa shape index (κ1) is 15.4. The largest absolute Gasteiger partial charge is 0.339 e. The molecule has 1 amide bonds. The predicted molar refractivity (Wildman–Crippen MR) is 83.0 cm³/mol. The van der Waals surface area contributed by atoms with Crippen molar-refractivity contribution in [2.45, 2.75) is 18.9 Å². The van der Waals surface area contributed by atoms with E-state index < -0.39 is 9.84 Å². The van der Waals surface area contributed by atoms with E-state index in [0.29, 0.717) is 13.1 Å². The van der Waals surface area contributed by atoms with Crippen molar-refractivity contribution in [2.24, 2.45) is 0 Å². The fraction of sp³-hybridized carbons (Fsp3) is 0.600. The molecule has 0 aliphatic carbocycles. The Morgan fingerprint density at radius 1 is 1.14 bits per heavy atom. The topological polar surface area (TPSA) is 70.6 Å². The lowest BCUT2D eigenvalue weighted by Crippen LogP contribution is -2.48. The summed E-state index contributed by atoms with van der Waals surface area (Å²) in [7, 11) is -2.98. The highest BCUT2D eigenvalue weighted by Gasteiger charge is 2.35. The van der Waals surface area contributed by atoms with Gasteiger partial charge in [-0.15, -0.1) is 0 Å². The van der Waals surface area contributed by atoms with Crippen LogP contribution in [0.2, 0.25) is 0 Å². The molecule has 2 saturated heterocycles. The highest BCUT2D eigenvalue weighted by Crippen LogP contribution is 2.27. The summed E-state index contributed by atoms with van der Waals surface area (Å²) in [6.07, 6.45) is 5.63. The van der Waals surface area contributed by atoms with Gasteiger partial charge in [-0.1, -0.05) is 6.07 Å². The van der Waals surface area contributed by atoms with E-state index in [-0.39, 0.29) is 23.5 Å². The van der Waals surface area contributed by atoms with E-state index in [4.69, 9.17) is 0 Å². The van der Waals surface area contributed by atoms with Crippen molar-refractivity contribution in [3.63, 3.8) is 0 Å². The molecule has 22 heavy (non-hydrogen) atoms. The van der Waals surface area contributed by atoms with Crippen LogP contribution in [-0.4, -0.2) is 66.8 Å². The van der Waals surface area contributed by atoms with Crippen LogP contribution >= 0.6 is 0 Å². The van der Waals surface area contributed by atoms with Crippen LogP contribution in [0.15, 0.2) is 24.5 Å². The summed E-state index contributed by atoms with van der Waals surface area (Å²) >= 11 is 0. The number of carbonyl (C=O) groups excluding carboxylic acids is 1. The highest BCUT2D eigenvalue weighted by molar-refractivity contribution is 7.91. The SMILES string of the molecule is O=C([C@@H](c1cccnc1)N1CCCC1)N1CCS(=O)(=O)CC1. The minimum atomic E-state index is -2.98. The molecule has 1 aromatic rings. The van der Waals surface area contributed by atoms with Crippen LogP contribution < -0.4 is 0 Å². The lowest BCUT2D eigenvalue weighted by Gasteiger charge is -2.34. The van der Waals surface area contributed by atoms with Crippen LogP contribution in [0.25, 0.3) is 0 Å². The summed E-state index contributed by atoms with van der Waals surface area (Å²) in [6.45, 7) is 2.40. The summed E-state index contributed by atoms with van der Waals surface area (Å²) in [5.41, 5.74) is 0.892. The van der Waals surface area contributed by atoms with Crippen LogP contribution in [0.4, 0.5) is 0 Å². The normalized spacial score (nSPS) is 23.4. The van der Waals surface area contributed by atoms with Crippen molar-refractivity contribution < 1.29 is 13.2 Å². The van der Waals surface area contributed by atoms with Gasteiger partial charge in [0.2, 0.25) is 5.91 Å². The Morgan fingerprint density at radius 3 is 2.41 bits per heavy atom. The third-order valence-electron chi connectivity index (χ3n) is 4.40. The number of pyridine rings is 1. The van der Waals surface area contributed by atoms with Gasteiger partial charge in [-0.05, 0) is 37.6 Å². The van der Waals surface area contributed by atoms with Crippen LogP contribution in [-0.2, 0) is 14.6 Å². The van der Waals surface area contributed by atoms with Crippen molar-refractivity contribution in [1.82, 2.24) is 14.8 Å². The highest BCUT2D eigenvalue weighted by atomic mass is 32.2. The van der Waals surface area contributed by atoms with Gasteiger partial charge in [-0.2, -0.15) is 0 Å². The zero-order chi connectivity index (χ0) is 15.6. The van der Waals surface area contributed by atoms with Crippen molar-refractivity contribution in [3.8, 4) is 0 Å². The van der Waals surface area contributed by atoms with Gasteiger partial charge < -0.3 is 4.90 Å². The van der Waals surface area contributed by atoms with Crippen LogP contribution in [0.3, 0.4) is 0 Å². The van der Waals surface area contributed by atoms with E-state index in [2.05, 4.69) is 9.88 Å². The van der Waals surface area contributed by atoms with E-state index in [1.807, 2.05) is 12.1 Å². The summed E-state index contributed by atoms with van der Waals surface area (Å²) in [5.74, 6) is 0.140. The standard InChI is InChI=1S/C15H21N3O3S/c19-15(18-8-10-22(20,21)11-9-18)14(17-6-1-2-7-17)13-4-3-5-16-12-13/h3-5,12,14H,1-2,6-11H2/t14-/m1/s1. The summed E-state index contributed by atoms with van der Waals surface area (Å²) in [6, 6.07) is 3.43. The maximum atomic E-state index is 13.0. The molecule has 2 fully saturated rings. The molecular weight excluding hydrogens is 302 g/mol. The Bertz CT molecular complexity index is 613. The quantitative estimate of drug-likeness (QED) is 0.809. The van der Waals surface area contributed by atoms with Gasteiger partial charge >= 0.3 is 0 Å². The van der Waals surface area contributed by atoms with Crippen LogP contribution in [0.1, 0.15) is 24.4 Å². The number of sulfone groups is 1. The van der Waals surface area contributed by atoms with E-state index in [1.165, 1.54) is 0 Å². The fourth-order valence-corrected chi connectivity index (χ4v) is 4.35. The molecule has 2 aliphatic rings. The molecule has 0 spiro atoms. The van der Waals surface area contributed by atoms with Crippen molar-refractivity contribution >= 4 is 15.7 Å². The molecule has 120 valence electrons. The number of rotatable bonds is 3. The first-order chi connectivity index (χ1) is 10.6. The molecule has 1 atom stereocenters. The molecule has 1 aromatic heterocycles. The number of likely N-dealkylation sites (tertiary alicyclic amines) is 1. The van der Waals surface area contributed by atoms with Gasteiger partial charge in [-0.25, -0.2) is 8.42 Å². The summed E-state index contributed by atoms with van der Waals surface area (Å²) in [4.78, 5) is 21.0. The van der Waals surface area contributed by atoms with Crippen molar-refractivity contribution in [3.05, 3.63) is 30.1 Å². The van der Waals surface area contributed by atoms with Crippen molar-refractivity contribution in [2.75, 3.05) is 37.7 Å². The molecule has 0 radical (unpaired) electrons. The second-order valence-corrected chi connectivity index (χ2v) is 8.21. The van der Waals surface area contributed by atoms with Crippen molar-refractivity contribution in [1.29, 1.82) is 0 Å². The number of aromatic nitrogens is 1. The minimum absolute atomic E-state index is 0.00444. The minimum Gasteiger partial charge on any atom is -0.339 e. The second-order valence-electron chi connectivity index (χ2n) is 5.91. The van der Waals surface area contributed by atoms with Crippen LogP contribution in [0.5, 0.6) is 0 Å². The van der Waals surface area contributed by atoms with E-state index in [1.54, 1.807) is 17.3 Å². The van der Waals surface area contributed by atoms with Gasteiger partial charge in [0.15, 0.2) is 9.84 Å². The molecule has 6 nitrogen and oxygen atoms in total. The third kappa shape index (κ3) is 3.30. The lowest BCUT2D eigenvalue weighted by molar-refractivity contribution is -0.136. The van der Waals surface area contributed by atoms with Gasteiger partial charge in [0, 0.05) is 25.5 Å². The second kappa shape index (κ2) is 6.34. The Labute approximate surface area is 131 Å². The molecule has 0 aromatic carbocycles.